The first kappa shape index (κ1) is 26.9. The number of benzene rings is 2. The number of carbonyl (C=O) groups excluding carboxylic acids is 2. The van der Waals surface area contributed by atoms with Gasteiger partial charge in [-0.25, -0.2) is 0 Å². The zero-order chi connectivity index (χ0) is 26.6. The summed E-state index contributed by atoms with van der Waals surface area (Å²) in [7, 11) is 1.56. The van der Waals surface area contributed by atoms with E-state index in [0.717, 1.165) is 24.8 Å². The highest BCUT2D eigenvalue weighted by Gasteiger charge is 2.34. The Balaban J connectivity index is 1.63. The van der Waals surface area contributed by atoms with Crippen LogP contribution in [-0.2, 0) is 16.6 Å². The SMILES string of the molecule is CCCCN(CC(=O)N1CCc2sccc2C1c1ccc(C(C)(C)C)cc1)C(=O)c1ccccc1OC. The number of hydrogen-bond donors (Lipinski definition) is 0. The van der Waals surface area contributed by atoms with Gasteiger partial charge in [0, 0.05) is 18.0 Å². The third kappa shape index (κ3) is 5.90. The van der Waals surface area contributed by atoms with E-state index < -0.39 is 0 Å². The number of fused-ring (bicyclic) bond motifs is 1. The first-order chi connectivity index (χ1) is 17.7. The lowest BCUT2D eigenvalue weighted by molar-refractivity contribution is -0.134. The van der Waals surface area contributed by atoms with Gasteiger partial charge in [-0.05, 0) is 58.5 Å². The van der Waals surface area contributed by atoms with E-state index >= 15 is 0 Å². The maximum absolute atomic E-state index is 13.9. The van der Waals surface area contributed by atoms with Crippen LogP contribution in [0, 0.1) is 0 Å². The van der Waals surface area contributed by atoms with Gasteiger partial charge in [0.1, 0.15) is 12.3 Å². The van der Waals surface area contributed by atoms with Gasteiger partial charge in [-0.2, -0.15) is 0 Å². The van der Waals surface area contributed by atoms with Crippen LogP contribution >= 0.6 is 11.3 Å². The molecular formula is C31H38N2O3S. The quantitative estimate of drug-likeness (QED) is 0.343. The summed E-state index contributed by atoms with van der Waals surface area (Å²) in [6.45, 7) is 9.93. The molecule has 4 rings (SSSR count). The zero-order valence-corrected chi connectivity index (χ0v) is 23.4. The van der Waals surface area contributed by atoms with Crippen molar-refractivity contribution in [3.05, 3.63) is 87.1 Å². The number of unbranched alkanes of at least 4 members (excludes halogenated alkanes) is 1. The highest BCUT2D eigenvalue weighted by atomic mass is 32.1. The van der Waals surface area contributed by atoms with Crippen LogP contribution in [0.1, 0.15) is 78.5 Å². The van der Waals surface area contributed by atoms with E-state index in [2.05, 4.69) is 63.4 Å². The standard InChI is InChI=1S/C31H38N2O3S/c1-6-7-18-32(30(35)24-10-8-9-11-26(24)36-5)21-28(34)33-19-16-27-25(17-20-37-27)29(33)22-12-14-23(15-13-22)31(2,3)4/h8-15,17,20,29H,6-7,16,18-19,21H2,1-5H3. The highest BCUT2D eigenvalue weighted by Crippen LogP contribution is 2.38. The molecule has 0 radical (unpaired) electrons. The number of ether oxygens (including phenoxy) is 1. The van der Waals surface area contributed by atoms with Crippen LogP contribution in [-0.4, -0.2) is 48.4 Å². The minimum Gasteiger partial charge on any atom is -0.496 e. The fourth-order valence-electron chi connectivity index (χ4n) is 4.96. The van der Waals surface area contributed by atoms with Gasteiger partial charge < -0.3 is 14.5 Å². The summed E-state index contributed by atoms with van der Waals surface area (Å²) >= 11 is 1.76. The Morgan fingerprint density at radius 2 is 1.81 bits per heavy atom. The first-order valence-electron chi connectivity index (χ1n) is 13.1. The average Bonchev–Trinajstić information content (AvgIpc) is 3.38. The van der Waals surface area contributed by atoms with E-state index in [0.29, 0.717) is 24.4 Å². The average molecular weight is 519 g/mol. The van der Waals surface area contributed by atoms with Crippen molar-refractivity contribution in [2.45, 2.75) is 58.4 Å². The summed E-state index contributed by atoms with van der Waals surface area (Å²) in [5, 5.41) is 2.12. The first-order valence-corrected chi connectivity index (χ1v) is 14.0. The Morgan fingerprint density at radius 1 is 1.08 bits per heavy atom. The summed E-state index contributed by atoms with van der Waals surface area (Å²) in [6, 6.07) is 17.9. The molecule has 0 saturated carbocycles. The van der Waals surface area contributed by atoms with E-state index in [1.807, 2.05) is 17.0 Å². The smallest absolute Gasteiger partial charge is 0.258 e. The summed E-state index contributed by atoms with van der Waals surface area (Å²) in [5.41, 5.74) is 4.12. The van der Waals surface area contributed by atoms with Crippen LogP contribution in [0.25, 0.3) is 0 Å². The van der Waals surface area contributed by atoms with Crippen LogP contribution in [0.5, 0.6) is 5.75 Å². The summed E-state index contributed by atoms with van der Waals surface area (Å²) in [6.07, 6.45) is 2.61. The number of hydrogen-bond acceptors (Lipinski definition) is 4. The minimum absolute atomic E-state index is 0.0268. The van der Waals surface area contributed by atoms with Crippen molar-refractivity contribution in [1.82, 2.24) is 9.80 Å². The Kier molecular flexibility index (Phi) is 8.38. The Bertz CT molecular complexity index is 1230. The van der Waals surface area contributed by atoms with Crippen LogP contribution < -0.4 is 4.74 Å². The summed E-state index contributed by atoms with van der Waals surface area (Å²) in [5.74, 6) is 0.332. The molecule has 0 saturated heterocycles. The van der Waals surface area contributed by atoms with Crippen molar-refractivity contribution >= 4 is 23.2 Å². The molecule has 1 aliphatic heterocycles. The third-order valence-corrected chi connectivity index (χ3v) is 8.11. The molecule has 1 aliphatic rings. The minimum atomic E-state index is -0.168. The Labute approximate surface area is 225 Å². The van der Waals surface area contributed by atoms with E-state index in [-0.39, 0.29) is 29.8 Å². The fraction of sp³-hybridized carbons (Fsp3) is 0.419. The molecule has 6 heteroatoms. The number of carbonyl (C=O) groups is 2. The number of rotatable bonds is 8. The van der Waals surface area contributed by atoms with Gasteiger partial charge in [0.15, 0.2) is 0 Å². The molecule has 1 aromatic heterocycles. The van der Waals surface area contributed by atoms with Crippen LogP contribution in [0.15, 0.2) is 60.0 Å². The normalized spacial score (nSPS) is 15.3. The molecule has 0 fully saturated rings. The van der Waals surface area contributed by atoms with Crippen molar-refractivity contribution in [2.75, 3.05) is 26.7 Å². The van der Waals surface area contributed by atoms with Crippen molar-refractivity contribution in [3.8, 4) is 5.75 Å². The second-order valence-electron chi connectivity index (χ2n) is 10.7. The lowest BCUT2D eigenvalue weighted by atomic mass is 9.85. The van der Waals surface area contributed by atoms with Gasteiger partial charge in [0.25, 0.3) is 5.91 Å². The van der Waals surface area contributed by atoms with Gasteiger partial charge in [0.05, 0.1) is 18.7 Å². The summed E-state index contributed by atoms with van der Waals surface area (Å²) in [4.78, 5) is 32.5. The molecule has 1 unspecified atom stereocenters. The van der Waals surface area contributed by atoms with E-state index in [1.165, 1.54) is 16.0 Å². The second-order valence-corrected chi connectivity index (χ2v) is 11.7. The van der Waals surface area contributed by atoms with E-state index in [4.69, 9.17) is 4.74 Å². The second kappa shape index (κ2) is 11.5. The monoisotopic (exact) mass is 518 g/mol. The maximum atomic E-state index is 13.9. The molecule has 2 heterocycles. The topological polar surface area (TPSA) is 49.9 Å². The van der Waals surface area contributed by atoms with Gasteiger partial charge in [-0.15, -0.1) is 11.3 Å². The molecule has 0 N–H and O–H groups in total. The van der Waals surface area contributed by atoms with Crippen molar-refractivity contribution in [2.24, 2.45) is 0 Å². The number of amides is 2. The number of nitrogens with zero attached hydrogens (tertiary/aromatic N) is 2. The number of thiophene rings is 1. The molecule has 1 atom stereocenters. The lowest BCUT2D eigenvalue weighted by Gasteiger charge is -2.38. The lowest BCUT2D eigenvalue weighted by Crippen LogP contribution is -2.47. The molecule has 196 valence electrons. The third-order valence-electron chi connectivity index (χ3n) is 7.11. The number of para-hydroxylation sites is 1. The van der Waals surface area contributed by atoms with Gasteiger partial charge in [0.2, 0.25) is 5.91 Å². The largest absolute Gasteiger partial charge is 0.496 e. The molecular weight excluding hydrogens is 480 g/mol. The Morgan fingerprint density at radius 3 is 2.49 bits per heavy atom. The predicted octanol–water partition coefficient (Wildman–Crippen LogP) is 6.47. The molecule has 0 aliphatic carbocycles. The van der Waals surface area contributed by atoms with Crippen molar-refractivity contribution < 1.29 is 14.3 Å². The fourth-order valence-corrected chi connectivity index (χ4v) is 5.86. The molecule has 37 heavy (non-hydrogen) atoms. The van der Waals surface area contributed by atoms with Gasteiger partial charge >= 0.3 is 0 Å². The zero-order valence-electron chi connectivity index (χ0n) is 22.6. The van der Waals surface area contributed by atoms with Crippen molar-refractivity contribution in [3.63, 3.8) is 0 Å². The highest BCUT2D eigenvalue weighted by molar-refractivity contribution is 7.10. The molecule has 3 aromatic rings. The molecule has 5 nitrogen and oxygen atoms in total. The van der Waals surface area contributed by atoms with E-state index in [1.54, 1.807) is 35.5 Å². The molecule has 2 amide bonds. The maximum Gasteiger partial charge on any atom is 0.258 e. The Hall–Kier alpha value is -3.12. The van der Waals surface area contributed by atoms with Crippen LogP contribution in [0.2, 0.25) is 0 Å². The number of methoxy groups -OCH3 is 1. The van der Waals surface area contributed by atoms with Crippen LogP contribution in [0.3, 0.4) is 0 Å². The molecule has 0 spiro atoms. The van der Waals surface area contributed by atoms with Gasteiger partial charge in [-0.3, -0.25) is 9.59 Å². The molecule has 0 bridgehead atoms. The van der Waals surface area contributed by atoms with E-state index in [9.17, 15) is 9.59 Å². The van der Waals surface area contributed by atoms with Crippen molar-refractivity contribution in [1.29, 1.82) is 0 Å². The van der Waals surface area contributed by atoms with Gasteiger partial charge in [-0.1, -0.05) is 70.5 Å². The molecule has 2 aromatic carbocycles. The predicted molar refractivity (Wildman–Crippen MR) is 151 cm³/mol. The summed E-state index contributed by atoms with van der Waals surface area (Å²) < 4.78 is 5.44. The van der Waals surface area contributed by atoms with Crippen LogP contribution in [0.4, 0.5) is 0 Å².